The first-order valence-corrected chi connectivity index (χ1v) is 6.43. The molecule has 0 aromatic heterocycles. The highest BCUT2D eigenvalue weighted by atomic mass is 32.2. The molecule has 1 saturated carbocycles. The Bertz CT molecular complexity index is 94.8. The third-order valence-electron chi connectivity index (χ3n) is 2.09. The lowest BCUT2D eigenvalue weighted by Crippen LogP contribution is -2.16. The number of thioether (sulfide) groups is 1. The van der Waals surface area contributed by atoms with Gasteiger partial charge in [0.2, 0.25) is 0 Å². The average molecular weight is 208 g/mol. The molecule has 0 aromatic carbocycles. The van der Waals surface area contributed by atoms with E-state index >= 15 is 0 Å². The molecule has 11 heavy (non-hydrogen) atoms. The van der Waals surface area contributed by atoms with Crippen LogP contribution < -0.4 is 0 Å². The van der Waals surface area contributed by atoms with Gasteiger partial charge in [0, 0.05) is 16.3 Å². The highest BCUT2D eigenvalue weighted by molar-refractivity contribution is 8.00. The normalized spacial score (nSPS) is 32.2. The van der Waals surface area contributed by atoms with Gasteiger partial charge >= 0.3 is 0 Å². The van der Waals surface area contributed by atoms with Crippen LogP contribution in [0.4, 0.5) is 0 Å². The lowest BCUT2D eigenvalue weighted by atomic mass is 10.00. The Kier molecular flexibility index (Phi) is 5.21. The second-order valence-electron chi connectivity index (χ2n) is 3.02. The van der Waals surface area contributed by atoms with Gasteiger partial charge in [-0.25, -0.2) is 0 Å². The predicted octanol–water partition coefficient (Wildman–Crippen LogP) is 2.89. The smallest absolute Gasteiger partial charge is 0.00481 e. The van der Waals surface area contributed by atoms with Crippen LogP contribution in [-0.2, 0) is 0 Å². The van der Waals surface area contributed by atoms with Crippen molar-refractivity contribution in [2.75, 3.05) is 11.5 Å². The second-order valence-corrected chi connectivity index (χ2v) is 5.61. The summed E-state index contributed by atoms with van der Waals surface area (Å²) >= 11 is 10.8. The zero-order valence-electron chi connectivity index (χ0n) is 6.70. The van der Waals surface area contributed by atoms with Gasteiger partial charge in [0.1, 0.15) is 0 Å². The first kappa shape index (κ1) is 10.1. The Labute approximate surface area is 84.7 Å². The Morgan fingerprint density at radius 1 is 1.18 bits per heavy atom. The summed E-state index contributed by atoms with van der Waals surface area (Å²) in [6.07, 6.45) is 5.36. The average Bonchev–Trinajstić information content (AvgIpc) is 2.04. The first-order valence-electron chi connectivity index (χ1n) is 4.23. The molecular formula is C8H16S3. The molecule has 1 fully saturated rings. The maximum atomic E-state index is 4.47. The maximum absolute atomic E-state index is 4.47. The SMILES string of the molecule is SCCSC1CCC(S)CC1. The van der Waals surface area contributed by atoms with Crippen LogP contribution in [0.25, 0.3) is 0 Å². The molecule has 0 nitrogen and oxygen atoms in total. The zero-order valence-corrected chi connectivity index (χ0v) is 9.31. The van der Waals surface area contributed by atoms with Crippen LogP contribution in [0.15, 0.2) is 0 Å². The lowest BCUT2D eigenvalue weighted by Gasteiger charge is -2.24. The van der Waals surface area contributed by atoms with Gasteiger partial charge in [-0.1, -0.05) is 0 Å². The van der Waals surface area contributed by atoms with Gasteiger partial charge in [0.05, 0.1) is 0 Å². The fourth-order valence-corrected chi connectivity index (χ4v) is 3.09. The zero-order chi connectivity index (χ0) is 8.10. The number of thiol groups is 2. The van der Waals surface area contributed by atoms with Gasteiger partial charge in [0.15, 0.2) is 0 Å². The van der Waals surface area contributed by atoms with E-state index in [1.54, 1.807) is 0 Å². The summed E-state index contributed by atoms with van der Waals surface area (Å²) in [6, 6.07) is 0. The highest BCUT2D eigenvalue weighted by Crippen LogP contribution is 2.30. The molecule has 0 heterocycles. The quantitative estimate of drug-likeness (QED) is 0.673. The number of hydrogen-bond donors (Lipinski definition) is 2. The van der Waals surface area contributed by atoms with Crippen LogP contribution in [0.2, 0.25) is 0 Å². The van der Waals surface area contributed by atoms with Crippen LogP contribution in [-0.4, -0.2) is 22.0 Å². The highest BCUT2D eigenvalue weighted by Gasteiger charge is 2.18. The van der Waals surface area contributed by atoms with Crippen LogP contribution >= 0.6 is 37.0 Å². The summed E-state index contributed by atoms with van der Waals surface area (Å²) in [6.45, 7) is 0. The summed E-state index contributed by atoms with van der Waals surface area (Å²) in [5.74, 6) is 2.23. The summed E-state index contributed by atoms with van der Waals surface area (Å²) in [4.78, 5) is 0. The van der Waals surface area contributed by atoms with Crippen molar-refractivity contribution >= 4 is 37.0 Å². The minimum absolute atomic E-state index is 0.683. The summed E-state index contributed by atoms with van der Waals surface area (Å²) in [5, 5.41) is 1.59. The van der Waals surface area contributed by atoms with Gasteiger partial charge in [-0.15, -0.1) is 0 Å². The van der Waals surface area contributed by atoms with E-state index in [4.69, 9.17) is 0 Å². The molecule has 0 saturated heterocycles. The molecular weight excluding hydrogens is 192 g/mol. The van der Waals surface area contributed by atoms with Gasteiger partial charge < -0.3 is 0 Å². The van der Waals surface area contributed by atoms with Crippen LogP contribution in [0.1, 0.15) is 25.7 Å². The lowest BCUT2D eigenvalue weighted by molar-refractivity contribution is 0.530. The molecule has 0 N–H and O–H groups in total. The molecule has 0 aromatic rings. The second kappa shape index (κ2) is 5.65. The topological polar surface area (TPSA) is 0 Å². The van der Waals surface area contributed by atoms with Crippen molar-refractivity contribution in [2.45, 2.75) is 36.2 Å². The minimum Gasteiger partial charge on any atom is -0.179 e. The summed E-state index contributed by atoms with van der Waals surface area (Å²) in [5.41, 5.74) is 0. The Morgan fingerprint density at radius 2 is 1.82 bits per heavy atom. The van der Waals surface area contributed by atoms with E-state index in [1.807, 2.05) is 0 Å². The van der Waals surface area contributed by atoms with Crippen molar-refractivity contribution in [1.82, 2.24) is 0 Å². The number of rotatable bonds is 3. The monoisotopic (exact) mass is 208 g/mol. The van der Waals surface area contributed by atoms with Crippen molar-refractivity contribution in [3.63, 3.8) is 0 Å². The molecule has 0 aliphatic heterocycles. The van der Waals surface area contributed by atoms with Crippen LogP contribution in [0.3, 0.4) is 0 Å². The van der Waals surface area contributed by atoms with E-state index in [0.717, 1.165) is 11.0 Å². The Morgan fingerprint density at radius 3 is 2.36 bits per heavy atom. The Hall–Kier alpha value is 1.05. The van der Waals surface area contributed by atoms with Gasteiger partial charge in [-0.05, 0) is 31.4 Å². The summed E-state index contributed by atoms with van der Waals surface area (Å²) < 4.78 is 0. The van der Waals surface area contributed by atoms with Crippen LogP contribution in [0, 0.1) is 0 Å². The first-order chi connectivity index (χ1) is 5.33. The fourth-order valence-electron chi connectivity index (χ4n) is 1.43. The van der Waals surface area contributed by atoms with E-state index in [9.17, 15) is 0 Å². The summed E-state index contributed by atoms with van der Waals surface area (Å²) in [7, 11) is 0. The van der Waals surface area contributed by atoms with Gasteiger partial charge in [0.25, 0.3) is 0 Å². The van der Waals surface area contributed by atoms with Crippen molar-refractivity contribution in [1.29, 1.82) is 0 Å². The molecule has 1 aliphatic carbocycles. The molecule has 66 valence electrons. The molecule has 0 bridgehead atoms. The van der Waals surface area contributed by atoms with Crippen molar-refractivity contribution in [2.24, 2.45) is 0 Å². The maximum Gasteiger partial charge on any atom is 0.00481 e. The van der Waals surface area contributed by atoms with E-state index in [2.05, 4.69) is 37.0 Å². The molecule has 1 rings (SSSR count). The van der Waals surface area contributed by atoms with Crippen molar-refractivity contribution in [3.8, 4) is 0 Å². The van der Waals surface area contributed by atoms with Crippen molar-refractivity contribution in [3.05, 3.63) is 0 Å². The molecule has 0 atom stereocenters. The fraction of sp³-hybridized carbons (Fsp3) is 1.00. The van der Waals surface area contributed by atoms with Gasteiger partial charge in [-0.2, -0.15) is 37.0 Å². The van der Waals surface area contributed by atoms with E-state index in [0.29, 0.717) is 5.25 Å². The molecule has 0 radical (unpaired) electrons. The number of hydrogen-bond acceptors (Lipinski definition) is 3. The minimum atomic E-state index is 0.683. The molecule has 0 spiro atoms. The molecule has 0 unspecified atom stereocenters. The third kappa shape index (κ3) is 4.00. The Balaban J connectivity index is 2.07. The standard InChI is InChI=1S/C8H16S3/c9-5-6-11-8-3-1-7(10)2-4-8/h7-10H,1-6H2. The molecule has 1 aliphatic rings. The van der Waals surface area contributed by atoms with Crippen molar-refractivity contribution < 1.29 is 0 Å². The largest absolute Gasteiger partial charge is 0.179 e. The van der Waals surface area contributed by atoms with E-state index < -0.39 is 0 Å². The van der Waals surface area contributed by atoms with E-state index in [-0.39, 0.29) is 0 Å². The van der Waals surface area contributed by atoms with Crippen LogP contribution in [0.5, 0.6) is 0 Å². The molecule has 0 amide bonds. The molecule has 3 heteroatoms. The van der Waals surface area contributed by atoms with Gasteiger partial charge in [-0.3, -0.25) is 0 Å². The van der Waals surface area contributed by atoms with E-state index in [1.165, 1.54) is 31.4 Å². The third-order valence-corrected chi connectivity index (χ3v) is 4.51. The predicted molar refractivity (Wildman–Crippen MR) is 61.3 cm³/mol.